The first-order valence-corrected chi connectivity index (χ1v) is 8.54. The zero-order valence-electron chi connectivity index (χ0n) is 13.1. The summed E-state index contributed by atoms with van der Waals surface area (Å²) in [6.45, 7) is 5.10. The standard InChI is InChI=1S/C16H23FN4S/c1-12-3-4-16(22-12)9-18-8-15-7-13(17)10-21(15)11-14-5-6-19-20(14)2/h3-6,13,15,18H,7-11H2,1-2H3/t13-,15-/m0/s1. The minimum atomic E-state index is -0.719. The van der Waals surface area contributed by atoms with Gasteiger partial charge in [0, 0.05) is 55.2 Å². The molecule has 0 radical (unpaired) electrons. The van der Waals surface area contributed by atoms with Crippen LogP contribution in [0.2, 0.25) is 0 Å². The summed E-state index contributed by atoms with van der Waals surface area (Å²) in [6.07, 6.45) is 1.70. The van der Waals surface area contributed by atoms with E-state index in [9.17, 15) is 4.39 Å². The van der Waals surface area contributed by atoms with E-state index in [0.29, 0.717) is 13.0 Å². The average molecular weight is 322 g/mol. The van der Waals surface area contributed by atoms with Gasteiger partial charge < -0.3 is 5.32 Å². The Balaban J connectivity index is 1.53. The molecule has 6 heteroatoms. The van der Waals surface area contributed by atoms with Gasteiger partial charge in [-0.1, -0.05) is 0 Å². The van der Waals surface area contributed by atoms with Crippen molar-refractivity contribution in [3.8, 4) is 0 Å². The van der Waals surface area contributed by atoms with Crippen molar-refractivity contribution in [1.82, 2.24) is 20.0 Å². The van der Waals surface area contributed by atoms with Gasteiger partial charge in [-0.25, -0.2) is 4.39 Å². The second kappa shape index (κ2) is 6.89. The van der Waals surface area contributed by atoms with Gasteiger partial charge in [-0.2, -0.15) is 5.10 Å². The molecule has 0 aliphatic carbocycles. The number of thiophene rings is 1. The maximum Gasteiger partial charge on any atom is 0.114 e. The summed E-state index contributed by atoms with van der Waals surface area (Å²) < 4.78 is 15.7. The molecule has 22 heavy (non-hydrogen) atoms. The van der Waals surface area contributed by atoms with Crippen molar-refractivity contribution in [3.63, 3.8) is 0 Å². The second-order valence-electron chi connectivity index (χ2n) is 6.01. The number of hydrogen-bond acceptors (Lipinski definition) is 4. The lowest BCUT2D eigenvalue weighted by molar-refractivity contribution is 0.224. The number of hydrogen-bond donors (Lipinski definition) is 1. The first-order chi connectivity index (χ1) is 10.6. The van der Waals surface area contributed by atoms with Gasteiger partial charge in [-0.05, 0) is 31.5 Å². The lowest BCUT2D eigenvalue weighted by Gasteiger charge is -2.24. The monoisotopic (exact) mass is 322 g/mol. The predicted molar refractivity (Wildman–Crippen MR) is 87.7 cm³/mol. The summed E-state index contributed by atoms with van der Waals surface area (Å²) in [7, 11) is 1.94. The Morgan fingerprint density at radius 1 is 1.41 bits per heavy atom. The van der Waals surface area contributed by atoms with Crippen LogP contribution in [0.4, 0.5) is 4.39 Å². The molecule has 2 aromatic heterocycles. The van der Waals surface area contributed by atoms with Crippen molar-refractivity contribution >= 4 is 11.3 Å². The van der Waals surface area contributed by atoms with Crippen molar-refractivity contribution < 1.29 is 4.39 Å². The van der Waals surface area contributed by atoms with E-state index >= 15 is 0 Å². The van der Waals surface area contributed by atoms with Crippen LogP contribution in [0.25, 0.3) is 0 Å². The topological polar surface area (TPSA) is 33.1 Å². The van der Waals surface area contributed by atoms with Crippen LogP contribution in [0.3, 0.4) is 0 Å². The van der Waals surface area contributed by atoms with Gasteiger partial charge in [0.1, 0.15) is 6.17 Å². The van der Waals surface area contributed by atoms with Crippen LogP contribution in [0.5, 0.6) is 0 Å². The Kier molecular flexibility index (Phi) is 4.90. The summed E-state index contributed by atoms with van der Waals surface area (Å²) in [6, 6.07) is 6.56. The molecule has 4 nitrogen and oxygen atoms in total. The number of rotatable bonds is 6. The first-order valence-electron chi connectivity index (χ1n) is 7.73. The number of nitrogens with one attached hydrogen (secondary N) is 1. The predicted octanol–water partition coefficient (Wildman–Crippen LogP) is 2.49. The van der Waals surface area contributed by atoms with Crippen molar-refractivity contribution in [2.75, 3.05) is 13.1 Å². The molecule has 2 atom stereocenters. The highest BCUT2D eigenvalue weighted by Crippen LogP contribution is 2.22. The largest absolute Gasteiger partial charge is 0.310 e. The maximum absolute atomic E-state index is 13.8. The summed E-state index contributed by atoms with van der Waals surface area (Å²) >= 11 is 1.82. The molecule has 3 rings (SSSR count). The fourth-order valence-corrected chi connectivity index (χ4v) is 3.90. The van der Waals surface area contributed by atoms with E-state index in [1.165, 1.54) is 9.75 Å². The van der Waals surface area contributed by atoms with Crippen molar-refractivity contribution in [2.45, 2.75) is 38.6 Å². The van der Waals surface area contributed by atoms with Crippen molar-refractivity contribution in [1.29, 1.82) is 0 Å². The molecular weight excluding hydrogens is 299 g/mol. The van der Waals surface area contributed by atoms with Crippen LogP contribution in [0.15, 0.2) is 24.4 Å². The zero-order valence-corrected chi connectivity index (χ0v) is 13.9. The minimum absolute atomic E-state index is 0.256. The summed E-state index contributed by atoms with van der Waals surface area (Å²) in [5, 5.41) is 7.67. The molecule has 2 aromatic rings. The van der Waals surface area contributed by atoms with Gasteiger partial charge in [-0.3, -0.25) is 9.58 Å². The van der Waals surface area contributed by atoms with Crippen molar-refractivity contribution in [3.05, 3.63) is 39.8 Å². The molecule has 0 aromatic carbocycles. The van der Waals surface area contributed by atoms with E-state index in [0.717, 1.165) is 25.3 Å². The van der Waals surface area contributed by atoms with Crippen LogP contribution < -0.4 is 5.32 Å². The molecule has 0 spiro atoms. The van der Waals surface area contributed by atoms with E-state index in [4.69, 9.17) is 0 Å². The van der Waals surface area contributed by atoms with E-state index in [-0.39, 0.29) is 6.04 Å². The molecule has 1 fully saturated rings. The van der Waals surface area contributed by atoms with Crippen LogP contribution in [0, 0.1) is 6.92 Å². The Morgan fingerprint density at radius 2 is 2.27 bits per heavy atom. The van der Waals surface area contributed by atoms with Crippen molar-refractivity contribution in [2.24, 2.45) is 7.05 Å². The third-order valence-electron chi connectivity index (χ3n) is 4.24. The van der Waals surface area contributed by atoms with E-state index in [1.807, 2.05) is 29.1 Å². The Labute approximate surface area is 134 Å². The van der Waals surface area contributed by atoms with E-state index < -0.39 is 6.17 Å². The van der Waals surface area contributed by atoms with Gasteiger partial charge in [0.25, 0.3) is 0 Å². The highest BCUT2D eigenvalue weighted by atomic mass is 32.1. The number of aryl methyl sites for hydroxylation is 2. The normalized spacial score (nSPS) is 22.5. The Morgan fingerprint density at radius 3 is 2.95 bits per heavy atom. The molecule has 1 saturated heterocycles. The lowest BCUT2D eigenvalue weighted by Crippen LogP contribution is -2.37. The zero-order chi connectivity index (χ0) is 15.5. The lowest BCUT2D eigenvalue weighted by atomic mass is 10.2. The second-order valence-corrected chi connectivity index (χ2v) is 7.38. The molecule has 0 saturated carbocycles. The van der Waals surface area contributed by atoms with Gasteiger partial charge in [0.2, 0.25) is 0 Å². The summed E-state index contributed by atoms with van der Waals surface area (Å²) in [5.74, 6) is 0. The molecule has 1 aliphatic rings. The number of aromatic nitrogens is 2. The number of likely N-dealkylation sites (tertiary alicyclic amines) is 1. The summed E-state index contributed by atoms with van der Waals surface area (Å²) in [4.78, 5) is 4.90. The highest BCUT2D eigenvalue weighted by Gasteiger charge is 2.32. The van der Waals surface area contributed by atoms with Gasteiger partial charge in [0.15, 0.2) is 0 Å². The van der Waals surface area contributed by atoms with Gasteiger partial charge >= 0.3 is 0 Å². The molecule has 0 amide bonds. The van der Waals surface area contributed by atoms with Crippen LogP contribution in [-0.2, 0) is 20.1 Å². The molecule has 1 N–H and O–H groups in total. The number of halogens is 1. The molecule has 3 heterocycles. The quantitative estimate of drug-likeness (QED) is 0.887. The van der Waals surface area contributed by atoms with E-state index in [1.54, 1.807) is 6.20 Å². The minimum Gasteiger partial charge on any atom is -0.310 e. The Hall–Kier alpha value is -1.24. The molecule has 120 valence electrons. The average Bonchev–Trinajstić information content (AvgIpc) is 3.15. The van der Waals surface area contributed by atoms with Gasteiger partial charge in [0.05, 0.1) is 5.69 Å². The maximum atomic E-state index is 13.8. The number of alkyl halides is 1. The SMILES string of the molecule is Cc1ccc(CNC[C@@H]2C[C@H](F)CN2Cc2ccnn2C)s1. The van der Waals surface area contributed by atoms with Gasteiger partial charge in [-0.15, -0.1) is 11.3 Å². The van der Waals surface area contributed by atoms with E-state index in [2.05, 4.69) is 34.4 Å². The molecule has 0 bridgehead atoms. The van der Waals surface area contributed by atoms with Crippen LogP contribution >= 0.6 is 11.3 Å². The van der Waals surface area contributed by atoms with Crippen LogP contribution in [0.1, 0.15) is 21.9 Å². The summed E-state index contributed by atoms with van der Waals surface area (Å²) in [5.41, 5.74) is 1.13. The smallest absolute Gasteiger partial charge is 0.114 e. The third-order valence-corrected chi connectivity index (χ3v) is 5.24. The van der Waals surface area contributed by atoms with Crippen LogP contribution in [-0.4, -0.2) is 40.0 Å². The number of nitrogens with zero attached hydrogens (tertiary/aromatic N) is 3. The molecule has 1 aliphatic heterocycles. The fourth-order valence-electron chi connectivity index (χ4n) is 3.04. The Bertz CT molecular complexity index is 609. The third kappa shape index (κ3) is 3.74. The highest BCUT2D eigenvalue weighted by molar-refractivity contribution is 7.11. The first kappa shape index (κ1) is 15.6. The molecular formula is C16H23FN4S. The molecule has 0 unspecified atom stereocenters. The fraction of sp³-hybridized carbons (Fsp3) is 0.562.